The number of benzene rings is 1. The molecule has 0 saturated heterocycles. The summed E-state index contributed by atoms with van der Waals surface area (Å²) in [5, 5.41) is 13.7. The summed E-state index contributed by atoms with van der Waals surface area (Å²) >= 11 is 0. The lowest BCUT2D eigenvalue weighted by Gasteiger charge is -2.19. The van der Waals surface area contributed by atoms with E-state index in [0.717, 1.165) is 5.56 Å². The average Bonchev–Trinajstić information content (AvgIpc) is 2.63. The Bertz CT molecular complexity index is 864. The first-order chi connectivity index (χ1) is 13.7. The lowest BCUT2D eigenvalue weighted by Crippen LogP contribution is -2.27. The lowest BCUT2D eigenvalue weighted by molar-refractivity contribution is -0.385. The number of amides is 1. The molecule has 1 aromatic carbocycles. The number of nitro benzene ring substituents is 1. The fourth-order valence-electron chi connectivity index (χ4n) is 2.44. The van der Waals surface area contributed by atoms with Crippen LogP contribution in [0.3, 0.4) is 0 Å². The van der Waals surface area contributed by atoms with Crippen molar-refractivity contribution in [1.82, 2.24) is 4.98 Å². The van der Waals surface area contributed by atoms with Gasteiger partial charge >= 0.3 is 11.8 Å². The Morgan fingerprint density at radius 1 is 1.24 bits per heavy atom. The third kappa shape index (κ3) is 7.38. The zero-order valence-electron chi connectivity index (χ0n) is 16.9. The van der Waals surface area contributed by atoms with Crippen LogP contribution in [-0.4, -0.2) is 35.3 Å². The Balaban J connectivity index is 1.86. The van der Waals surface area contributed by atoms with Crippen LogP contribution < -0.4 is 10.1 Å². The molecule has 0 fully saturated rings. The standard InChI is InChI=1S/C20H25N3O6/c1-20(2,3)29-19(24)22-18-7-5-6-15(21-18)13-28-11-10-14-8-9-17(27-4)16(12-14)23(25)26/h5-9,12H,10-11,13H2,1-4H3,(H,21,22,24). The average molecular weight is 403 g/mol. The Morgan fingerprint density at radius 3 is 2.66 bits per heavy atom. The predicted molar refractivity (Wildman–Crippen MR) is 107 cm³/mol. The van der Waals surface area contributed by atoms with E-state index in [9.17, 15) is 14.9 Å². The van der Waals surface area contributed by atoms with Crippen LogP contribution >= 0.6 is 0 Å². The SMILES string of the molecule is COc1ccc(CCOCc2cccc(NC(=O)OC(C)(C)C)n2)cc1[N+](=O)[O-]. The molecule has 29 heavy (non-hydrogen) atoms. The van der Waals surface area contributed by atoms with Gasteiger partial charge in [-0.05, 0) is 51.0 Å². The monoisotopic (exact) mass is 403 g/mol. The number of nitro groups is 1. The molecule has 2 aromatic rings. The van der Waals surface area contributed by atoms with Crippen molar-refractivity contribution < 1.29 is 23.9 Å². The molecule has 2 rings (SSSR count). The number of carbonyl (C=O) groups is 1. The van der Waals surface area contributed by atoms with E-state index in [1.165, 1.54) is 13.2 Å². The molecule has 0 aliphatic heterocycles. The van der Waals surface area contributed by atoms with Gasteiger partial charge in [-0.25, -0.2) is 9.78 Å². The maximum Gasteiger partial charge on any atom is 0.413 e. The number of carbonyl (C=O) groups excluding carboxylic acids is 1. The van der Waals surface area contributed by atoms with Gasteiger partial charge < -0.3 is 14.2 Å². The van der Waals surface area contributed by atoms with Gasteiger partial charge in [0.05, 0.1) is 30.9 Å². The Morgan fingerprint density at radius 2 is 2.00 bits per heavy atom. The number of ether oxygens (including phenoxy) is 3. The molecule has 9 heteroatoms. The molecule has 1 heterocycles. The molecule has 1 N–H and O–H groups in total. The number of anilines is 1. The van der Waals surface area contributed by atoms with Crippen molar-refractivity contribution >= 4 is 17.6 Å². The van der Waals surface area contributed by atoms with E-state index in [4.69, 9.17) is 14.2 Å². The van der Waals surface area contributed by atoms with Crippen molar-refractivity contribution in [2.24, 2.45) is 0 Å². The van der Waals surface area contributed by atoms with Gasteiger partial charge in [0, 0.05) is 6.07 Å². The summed E-state index contributed by atoms with van der Waals surface area (Å²) in [4.78, 5) is 26.7. The number of pyridine rings is 1. The van der Waals surface area contributed by atoms with Crippen molar-refractivity contribution in [3.05, 3.63) is 57.8 Å². The highest BCUT2D eigenvalue weighted by Crippen LogP contribution is 2.27. The highest BCUT2D eigenvalue weighted by Gasteiger charge is 2.17. The number of hydrogen-bond acceptors (Lipinski definition) is 7. The minimum atomic E-state index is -0.596. The van der Waals surface area contributed by atoms with Crippen molar-refractivity contribution in [3.8, 4) is 5.75 Å². The van der Waals surface area contributed by atoms with Gasteiger partial charge in [-0.2, -0.15) is 0 Å². The second kappa shape index (κ2) is 9.83. The second-order valence-corrected chi connectivity index (χ2v) is 7.21. The molecule has 0 bridgehead atoms. The largest absolute Gasteiger partial charge is 0.490 e. The van der Waals surface area contributed by atoms with Crippen LogP contribution in [0.15, 0.2) is 36.4 Å². The van der Waals surface area contributed by atoms with E-state index < -0.39 is 16.6 Å². The zero-order chi connectivity index (χ0) is 21.4. The van der Waals surface area contributed by atoms with E-state index in [2.05, 4.69) is 10.3 Å². The zero-order valence-corrected chi connectivity index (χ0v) is 16.9. The first-order valence-corrected chi connectivity index (χ1v) is 9.03. The summed E-state index contributed by atoms with van der Waals surface area (Å²) in [7, 11) is 1.39. The molecule has 0 spiro atoms. The summed E-state index contributed by atoms with van der Waals surface area (Å²) < 4.78 is 15.8. The van der Waals surface area contributed by atoms with E-state index in [-0.39, 0.29) is 18.0 Å². The molecule has 0 atom stereocenters. The minimum Gasteiger partial charge on any atom is -0.490 e. The highest BCUT2D eigenvalue weighted by atomic mass is 16.6. The van der Waals surface area contributed by atoms with Crippen LogP contribution in [0.2, 0.25) is 0 Å². The van der Waals surface area contributed by atoms with Crippen molar-refractivity contribution in [1.29, 1.82) is 0 Å². The number of nitrogens with one attached hydrogen (secondary N) is 1. The Labute approximate surface area is 169 Å². The minimum absolute atomic E-state index is 0.0763. The fourth-order valence-corrected chi connectivity index (χ4v) is 2.44. The summed E-state index contributed by atoms with van der Waals surface area (Å²) in [5.41, 5.74) is 0.735. The Kier molecular flexibility index (Phi) is 7.49. The third-order valence-corrected chi connectivity index (χ3v) is 3.66. The first kappa shape index (κ1) is 22.1. The molecule has 0 aliphatic rings. The molecule has 9 nitrogen and oxygen atoms in total. The predicted octanol–water partition coefficient (Wildman–Crippen LogP) is 4.10. The van der Waals surface area contributed by atoms with Gasteiger partial charge in [-0.3, -0.25) is 15.4 Å². The van der Waals surface area contributed by atoms with Crippen LogP contribution in [0.1, 0.15) is 32.0 Å². The maximum atomic E-state index is 11.8. The summed E-state index contributed by atoms with van der Waals surface area (Å²) in [6.45, 7) is 5.93. The summed E-state index contributed by atoms with van der Waals surface area (Å²) in [5.74, 6) is 0.587. The van der Waals surface area contributed by atoms with Gasteiger partial charge in [0.15, 0.2) is 5.75 Å². The summed E-state index contributed by atoms with van der Waals surface area (Å²) in [6, 6.07) is 10.00. The van der Waals surface area contributed by atoms with Gasteiger partial charge in [0.2, 0.25) is 0 Å². The normalized spacial score (nSPS) is 11.0. The van der Waals surface area contributed by atoms with Gasteiger partial charge in [0.1, 0.15) is 11.4 Å². The smallest absolute Gasteiger partial charge is 0.413 e. The van der Waals surface area contributed by atoms with Crippen LogP contribution in [0.25, 0.3) is 0 Å². The van der Waals surface area contributed by atoms with E-state index in [1.54, 1.807) is 51.1 Å². The maximum absolute atomic E-state index is 11.8. The molecule has 0 saturated carbocycles. The Hall–Kier alpha value is -3.20. The van der Waals surface area contributed by atoms with E-state index in [1.807, 2.05) is 0 Å². The van der Waals surface area contributed by atoms with Crippen molar-refractivity contribution in [3.63, 3.8) is 0 Å². The molecule has 1 aromatic heterocycles. The number of hydrogen-bond donors (Lipinski definition) is 1. The van der Waals surface area contributed by atoms with Crippen molar-refractivity contribution in [2.45, 2.75) is 39.4 Å². The third-order valence-electron chi connectivity index (χ3n) is 3.66. The van der Waals surface area contributed by atoms with Gasteiger partial charge in [0.25, 0.3) is 0 Å². The van der Waals surface area contributed by atoms with Crippen LogP contribution in [-0.2, 0) is 22.5 Å². The number of rotatable bonds is 8. The van der Waals surface area contributed by atoms with Crippen LogP contribution in [0.4, 0.5) is 16.3 Å². The van der Waals surface area contributed by atoms with E-state index in [0.29, 0.717) is 24.5 Å². The van der Waals surface area contributed by atoms with Crippen molar-refractivity contribution in [2.75, 3.05) is 19.0 Å². The number of nitrogens with zero attached hydrogens (tertiary/aromatic N) is 2. The molecule has 156 valence electrons. The molecular formula is C20H25N3O6. The molecule has 0 radical (unpaired) electrons. The van der Waals surface area contributed by atoms with Crippen LogP contribution in [0.5, 0.6) is 5.75 Å². The highest BCUT2D eigenvalue weighted by molar-refractivity contribution is 5.83. The fraction of sp³-hybridized carbons (Fsp3) is 0.400. The van der Waals surface area contributed by atoms with E-state index >= 15 is 0 Å². The lowest BCUT2D eigenvalue weighted by atomic mass is 10.1. The van der Waals surface area contributed by atoms with Crippen LogP contribution in [0, 0.1) is 10.1 Å². The number of methoxy groups -OCH3 is 1. The van der Waals surface area contributed by atoms with Gasteiger partial charge in [-0.1, -0.05) is 12.1 Å². The second-order valence-electron chi connectivity index (χ2n) is 7.21. The number of aromatic nitrogens is 1. The first-order valence-electron chi connectivity index (χ1n) is 9.03. The molecule has 1 amide bonds. The molecule has 0 unspecified atom stereocenters. The topological polar surface area (TPSA) is 113 Å². The summed E-state index contributed by atoms with van der Waals surface area (Å²) in [6.07, 6.45) is -0.0788. The quantitative estimate of drug-likeness (QED) is 0.401. The van der Waals surface area contributed by atoms with Gasteiger partial charge in [-0.15, -0.1) is 0 Å². The molecule has 0 aliphatic carbocycles. The molecular weight excluding hydrogens is 378 g/mol.